The van der Waals surface area contributed by atoms with Crippen molar-refractivity contribution in [1.82, 2.24) is 10.8 Å². The van der Waals surface area contributed by atoms with Crippen LogP contribution in [0.15, 0.2) is 59.5 Å². The summed E-state index contributed by atoms with van der Waals surface area (Å²) in [6.07, 6.45) is -1.76. The summed E-state index contributed by atoms with van der Waals surface area (Å²) >= 11 is 0. The number of sulfone groups is 1. The van der Waals surface area contributed by atoms with Gasteiger partial charge in [0, 0.05) is 11.8 Å². The number of carboxylic acids is 1. The minimum Gasteiger partial charge on any atom is -0.478 e. The Labute approximate surface area is 210 Å². The fourth-order valence-electron chi connectivity index (χ4n) is 2.96. The molecular formula is C21H24N2O13S. The summed E-state index contributed by atoms with van der Waals surface area (Å²) in [7, 11) is -3.53. The Balaban J connectivity index is 2.29. The van der Waals surface area contributed by atoms with Gasteiger partial charge < -0.3 is 14.6 Å². The van der Waals surface area contributed by atoms with E-state index in [9.17, 15) is 23.1 Å². The first-order valence-electron chi connectivity index (χ1n) is 10.2. The summed E-state index contributed by atoms with van der Waals surface area (Å²) in [5.41, 5.74) is 0.318. The van der Waals surface area contributed by atoms with Crippen molar-refractivity contribution >= 4 is 33.1 Å². The van der Waals surface area contributed by atoms with Gasteiger partial charge in [-0.25, -0.2) is 27.7 Å². The van der Waals surface area contributed by atoms with E-state index in [1.165, 1.54) is 36.4 Å². The van der Waals surface area contributed by atoms with E-state index in [4.69, 9.17) is 30.3 Å². The lowest BCUT2D eigenvalue weighted by molar-refractivity contribution is -0.527. The molecule has 0 aromatic heterocycles. The average Bonchev–Trinajstić information content (AvgIpc) is 2.82. The molecule has 0 saturated heterocycles. The SMILES string of the molecule is CS(=O)(=O)c1ccc(/C(COC(=O)OCC(CON(O)O)ON(O)O)=C(/C(=O)O)c2ccccc2)cc1. The number of benzene rings is 2. The molecule has 0 bridgehead atoms. The third-order valence-corrected chi connectivity index (χ3v) is 5.68. The second-order valence-electron chi connectivity index (χ2n) is 7.20. The van der Waals surface area contributed by atoms with Crippen LogP contribution < -0.4 is 0 Å². The molecule has 0 spiro atoms. The van der Waals surface area contributed by atoms with E-state index >= 15 is 0 Å². The molecule has 0 amide bonds. The highest BCUT2D eigenvalue weighted by molar-refractivity contribution is 7.90. The van der Waals surface area contributed by atoms with E-state index in [-0.39, 0.29) is 27.2 Å². The number of nitrogens with zero attached hydrogens (tertiary/aromatic N) is 2. The highest BCUT2D eigenvalue weighted by atomic mass is 32.2. The van der Waals surface area contributed by atoms with Crippen molar-refractivity contribution in [3.8, 4) is 0 Å². The van der Waals surface area contributed by atoms with Crippen LogP contribution in [0, 0.1) is 0 Å². The molecule has 0 radical (unpaired) electrons. The lowest BCUT2D eigenvalue weighted by Gasteiger charge is -2.19. The number of carbonyl (C=O) groups is 2. The zero-order valence-corrected chi connectivity index (χ0v) is 20.0. The lowest BCUT2D eigenvalue weighted by atomic mass is 9.95. The molecule has 202 valence electrons. The molecule has 0 heterocycles. The maximum absolute atomic E-state index is 12.2. The first-order chi connectivity index (χ1) is 17.4. The van der Waals surface area contributed by atoms with Gasteiger partial charge in [-0.2, -0.15) is 0 Å². The Morgan fingerprint density at radius 2 is 1.49 bits per heavy atom. The topological polar surface area (TPSA) is 213 Å². The van der Waals surface area contributed by atoms with Crippen LogP contribution in [0.1, 0.15) is 11.1 Å². The molecule has 1 unspecified atom stereocenters. The van der Waals surface area contributed by atoms with E-state index < -0.39 is 58.7 Å². The number of carboxylic acid groups (broad SMARTS) is 1. The molecule has 0 saturated carbocycles. The number of carbonyl (C=O) groups excluding carboxylic acids is 1. The van der Waals surface area contributed by atoms with Crippen molar-refractivity contribution < 1.29 is 63.1 Å². The molecule has 1 atom stereocenters. The summed E-state index contributed by atoms with van der Waals surface area (Å²) in [5, 5.41) is 43.2. The van der Waals surface area contributed by atoms with E-state index in [0.717, 1.165) is 6.26 Å². The Bertz CT molecular complexity index is 1180. The number of rotatable bonds is 13. The molecule has 2 aromatic rings. The number of ether oxygens (including phenoxy) is 2. The van der Waals surface area contributed by atoms with Gasteiger partial charge >= 0.3 is 12.1 Å². The Kier molecular flexibility index (Phi) is 11.1. The van der Waals surface area contributed by atoms with Crippen LogP contribution in [0.3, 0.4) is 0 Å². The van der Waals surface area contributed by atoms with Gasteiger partial charge in [0.15, 0.2) is 9.84 Å². The molecule has 5 N–H and O–H groups in total. The normalized spacial score (nSPS) is 13.3. The fourth-order valence-corrected chi connectivity index (χ4v) is 3.59. The summed E-state index contributed by atoms with van der Waals surface area (Å²) in [6.45, 7) is -2.06. The second-order valence-corrected chi connectivity index (χ2v) is 9.22. The number of hydrogen-bond donors (Lipinski definition) is 5. The van der Waals surface area contributed by atoms with E-state index in [0.29, 0.717) is 0 Å². The fraction of sp³-hybridized carbons (Fsp3) is 0.238. The Morgan fingerprint density at radius 1 is 0.865 bits per heavy atom. The monoisotopic (exact) mass is 544 g/mol. The minimum absolute atomic E-state index is 0.00749. The van der Waals surface area contributed by atoms with Crippen LogP contribution in [0.5, 0.6) is 0 Å². The molecular weight excluding hydrogens is 520 g/mol. The van der Waals surface area contributed by atoms with E-state index in [2.05, 4.69) is 9.68 Å². The molecule has 37 heavy (non-hydrogen) atoms. The molecule has 0 aliphatic heterocycles. The predicted octanol–water partition coefficient (Wildman–Crippen LogP) is 1.63. The standard InChI is InChI=1S/C21H24N2O13S/c1-37(31,32)17-9-7-14(8-10-17)18(19(20(24)25)15-5-3-2-4-6-15)13-34-21(26)33-11-16(36-23(29)30)12-35-22(27)28/h2-10,16,27-30H,11-13H2,1H3,(H,24,25)/b19-18+. The maximum atomic E-state index is 12.2. The van der Waals surface area contributed by atoms with Crippen molar-refractivity contribution in [1.29, 1.82) is 0 Å². The van der Waals surface area contributed by atoms with Crippen LogP contribution >= 0.6 is 0 Å². The largest absolute Gasteiger partial charge is 0.508 e. The lowest BCUT2D eigenvalue weighted by Crippen LogP contribution is -2.35. The third-order valence-electron chi connectivity index (χ3n) is 4.55. The summed E-state index contributed by atoms with van der Waals surface area (Å²) in [5.74, 6) is -1.35. The van der Waals surface area contributed by atoms with Crippen molar-refractivity contribution in [2.45, 2.75) is 11.0 Å². The zero-order valence-electron chi connectivity index (χ0n) is 19.2. The number of hydrogen-bond acceptors (Lipinski definition) is 14. The van der Waals surface area contributed by atoms with E-state index in [1.807, 2.05) is 0 Å². The van der Waals surface area contributed by atoms with Crippen LogP contribution in [0.2, 0.25) is 0 Å². The number of aliphatic carboxylic acids is 1. The van der Waals surface area contributed by atoms with Gasteiger partial charge in [-0.05, 0) is 23.3 Å². The summed E-state index contributed by atoms with van der Waals surface area (Å²) in [4.78, 5) is 33.0. The molecule has 16 heteroatoms. The minimum atomic E-state index is -3.53. The predicted molar refractivity (Wildman–Crippen MR) is 119 cm³/mol. The first-order valence-corrected chi connectivity index (χ1v) is 12.0. The van der Waals surface area contributed by atoms with Crippen LogP contribution in [0.4, 0.5) is 4.79 Å². The van der Waals surface area contributed by atoms with Crippen molar-refractivity contribution in [2.75, 3.05) is 26.1 Å². The van der Waals surface area contributed by atoms with Crippen LogP contribution in [0.25, 0.3) is 11.1 Å². The average molecular weight is 544 g/mol. The highest BCUT2D eigenvalue weighted by Gasteiger charge is 2.22. The van der Waals surface area contributed by atoms with Crippen molar-refractivity contribution in [3.63, 3.8) is 0 Å². The van der Waals surface area contributed by atoms with Gasteiger partial charge in [0.25, 0.3) is 0 Å². The van der Waals surface area contributed by atoms with E-state index in [1.54, 1.807) is 18.2 Å². The smallest absolute Gasteiger partial charge is 0.478 e. The van der Waals surface area contributed by atoms with Crippen molar-refractivity contribution in [3.05, 3.63) is 65.7 Å². The first kappa shape index (κ1) is 29.8. The zero-order chi connectivity index (χ0) is 27.6. The van der Waals surface area contributed by atoms with Crippen LogP contribution in [-0.2, 0) is 33.8 Å². The van der Waals surface area contributed by atoms with Crippen molar-refractivity contribution in [2.24, 2.45) is 0 Å². The molecule has 15 nitrogen and oxygen atoms in total. The maximum Gasteiger partial charge on any atom is 0.508 e. The van der Waals surface area contributed by atoms with Gasteiger partial charge in [0.2, 0.25) is 0 Å². The molecule has 0 aliphatic carbocycles. The molecule has 0 aliphatic rings. The van der Waals surface area contributed by atoms with Gasteiger partial charge in [-0.3, -0.25) is 20.8 Å². The van der Waals surface area contributed by atoms with Gasteiger partial charge in [-0.15, -0.1) is 0 Å². The quantitative estimate of drug-likeness (QED) is 0.105. The molecule has 2 rings (SSSR count). The summed E-state index contributed by atoms with van der Waals surface area (Å²) in [6, 6.07) is 13.2. The molecule has 0 fully saturated rings. The highest BCUT2D eigenvalue weighted by Crippen LogP contribution is 2.28. The Morgan fingerprint density at radius 3 is 2.00 bits per heavy atom. The third kappa shape index (κ3) is 9.84. The van der Waals surface area contributed by atoms with Gasteiger partial charge in [-0.1, -0.05) is 42.5 Å². The second kappa shape index (κ2) is 13.7. The van der Waals surface area contributed by atoms with Gasteiger partial charge in [0.05, 0.1) is 21.2 Å². The van der Waals surface area contributed by atoms with Crippen LogP contribution in [-0.4, -0.2) is 89.4 Å². The molecule has 2 aromatic carbocycles. The van der Waals surface area contributed by atoms with Gasteiger partial charge in [0.1, 0.15) is 25.9 Å². The summed E-state index contributed by atoms with van der Waals surface area (Å²) < 4.78 is 33.4. The Hall–Kier alpha value is -3.45.